The highest BCUT2D eigenvalue weighted by Crippen LogP contribution is 1.83. The van der Waals surface area contributed by atoms with Crippen molar-refractivity contribution < 1.29 is 8.42 Å². The minimum Gasteiger partial charge on any atom is -0.312 e. The van der Waals surface area contributed by atoms with Crippen LogP contribution in [0, 0.1) is 0 Å². The second kappa shape index (κ2) is 4.51. The molecule has 0 amide bonds. The van der Waals surface area contributed by atoms with E-state index in [0.29, 0.717) is 13.1 Å². The van der Waals surface area contributed by atoms with E-state index >= 15 is 0 Å². The molecule has 0 heterocycles. The molecule has 0 aromatic heterocycles. The van der Waals surface area contributed by atoms with Gasteiger partial charge in [-0.05, 0) is 6.92 Å². The molecule has 0 aromatic carbocycles. The van der Waals surface area contributed by atoms with E-state index in [4.69, 9.17) is 0 Å². The van der Waals surface area contributed by atoms with Crippen molar-refractivity contribution >= 4 is 9.84 Å². The molecule has 0 radical (unpaired) electrons. The zero-order valence-electron chi connectivity index (χ0n) is 7.05. The average Bonchev–Trinajstić information content (AvgIpc) is 1.78. The molecule has 11 heavy (non-hydrogen) atoms. The smallest absolute Gasteiger partial charge is 0.148 e. The van der Waals surface area contributed by atoms with Gasteiger partial charge in [0.2, 0.25) is 0 Å². The number of nitrogens with one attached hydrogen (secondary N) is 1. The fourth-order valence-corrected chi connectivity index (χ4v) is 1.07. The zero-order valence-corrected chi connectivity index (χ0v) is 7.87. The SMILES string of the molecule is C=C(C)CNCCS(C)(=O)=O. The van der Waals surface area contributed by atoms with Gasteiger partial charge in [0.05, 0.1) is 5.75 Å². The fourth-order valence-electron chi connectivity index (χ4n) is 0.559. The van der Waals surface area contributed by atoms with Crippen LogP contribution in [-0.4, -0.2) is 33.5 Å². The van der Waals surface area contributed by atoms with Crippen LogP contribution in [0.15, 0.2) is 12.2 Å². The summed E-state index contributed by atoms with van der Waals surface area (Å²) in [5.41, 5.74) is 1.01. The Kier molecular flexibility index (Phi) is 4.37. The Bertz CT molecular complexity index is 219. The topological polar surface area (TPSA) is 46.2 Å². The maximum Gasteiger partial charge on any atom is 0.148 e. The molecule has 3 nitrogen and oxygen atoms in total. The highest BCUT2D eigenvalue weighted by Gasteiger charge is 1.99. The molecule has 0 rings (SSSR count). The van der Waals surface area contributed by atoms with Gasteiger partial charge in [-0.25, -0.2) is 8.42 Å². The molecule has 66 valence electrons. The lowest BCUT2D eigenvalue weighted by atomic mass is 10.3. The van der Waals surface area contributed by atoms with Gasteiger partial charge in [0, 0.05) is 19.3 Å². The molecule has 0 saturated carbocycles. The van der Waals surface area contributed by atoms with Crippen molar-refractivity contribution in [2.45, 2.75) is 6.92 Å². The summed E-state index contributed by atoms with van der Waals surface area (Å²) in [6, 6.07) is 0. The number of rotatable bonds is 5. The lowest BCUT2D eigenvalue weighted by molar-refractivity contribution is 0.598. The van der Waals surface area contributed by atoms with Gasteiger partial charge >= 0.3 is 0 Å². The Morgan fingerprint density at radius 3 is 2.45 bits per heavy atom. The monoisotopic (exact) mass is 177 g/mol. The molecule has 0 fully saturated rings. The standard InChI is InChI=1S/C7H15NO2S/c1-7(2)6-8-4-5-11(3,9)10/h8H,1,4-6H2,2-3H3. The molecular weight excluding hydrogens is 162 g/mol. The third-order valence-corrected chi connectivity index (χ3v) is 2.02. The number of hydrogen-bond acceptors (Lipinski definition) is 3. The summed E-state index contributed by atoms with van der Waals surface area (Å²) < 4.78 is 21.2. The molecule has 0 aromatic rings. The minimum absolute atomic E-state index is 0.195. The van der Waals surface area contributed by atoms with Crippen LogP contribution in [0.1, 0.15) is 6.92 Å². The zero-order chi connectivity index (χ0) is 8.91. The van der Waals surface area contributed by atoms with E-state index in [9.17, 15) is 8.42 Å². The summed E-state index contributed by atoms with van der Waals surface area (Å²) in [4.78, 5) is 0. The lowest BCUT2D eigenvalue weighted by Gasteiger charge is -2.01. The first-order chi connectivity index (χ1) is 4.92. The third-order valence-electron chi connectivity index (χ3n) is 1.08. The summed E-state index contributed by atoms with van der Waals surface area (Å²) in [5, 5.41) is 2.96. The van der Waals surface area contributed by atoms with E-state index in [1.807, 2.05) is 6.92 Å². The molecule has 4 heteroatoms. The molecule has 0 bridgehead atoms. The maximum atomic E-state index is 10.6. The predicted octanol–water partition coefficient (Wildman–Crippen LogP) is 0.197. The van der Waals surface area contributed by atoms with Crippen molar-refractivity contribution in [3.8, 4) is 0 Å². The summed E-state index contributed by atoms with van der Waals surface area (Å²) >= 11 is 0. The van der Waals surface area contributed by atoms with Crippen LogP contribution in [0.2, 0.25) is 0 Å². The summed E-state index contributed by atoms with van der Waals surface area (Å²) in [7, 11) is -2.81. The van der Waals surface area contributed by atoms with Crippen molar-refractivity contribution in [3.63, 3.8) is 0 Å². The lowest BCUT2D eigenvalue weighted by Crippen LogP contribution is -2.23. The summed E-state index contributed by atoms with van der Waals surface area (Å²) in [5.74, 6) is 0.195. The predicted molar refractivity (Wildman–Crippen MR) is 47.4 cm³/mol. The Hall–Kier alpha value is -0.350. The normalized spacial score (nSPS) is 11.5. The second-order valence-electron chi connectivity index (χ2n) is 2.76. The first-order valence-electron chi connectivity index (χ1n) is 3.44. The summed E-state index contributed by atoms with van der Waals surface area (Å²) in [6.45, 7) is 6.77. The van der Waals surface area contributed by atoms with Crippen LogP contribution in [0.4, 0.5) is 0 Å². The van der Waals surface area contributed by atoms with E-state index in [-0.39, 0.29) is 5.75 Å². The van der Waals surface area contributed by atoms with E-state index in [0.717, 1.165) is 5.57 Å². The van der Waals surface area contributed by atoms with E-state index in [1.54, 1.807) is 0 Å². The molecule has 0 aliphatic rings. The largest absolute Gasteiger partial charge is 0.312 e. The quantitative estimate of drug-likeness (QED) is 0.482. The van der Waals surface area contributed by atoms with Gasteiger partial charge in [0.25, 0.3) is 0 Å². The summed E-state index contributed by atoms with van der Waals surface area (Å²) in [6.07, 6.45) is 1.23. The van der Waals surface area contributed by atoms with Gasteiger partial charge in [-0.1, -0.05) is 12.2 Å². The van der Waals surface area contributed by atoms with Crippen molar-refractivity contribution in [1.82, 2.24) is 5.32 Å². The molecule has 1 N–H and O–H groups in total. The van der Waals surface area contributed by atoms with E-state index < -0.39 is 9.84 Å². The first-order valence-corrected chi connectivity index (χ1v) is 5.50. The van der Waals surface area contributed by atoms with Crippen molar-refractivity contribution in [3.05, 3.63) is 12.2 Å². The first kappa shape index (κ1) is 10.7. The molecule has 0 saturated heterocycles. The Morgan fingerprint density at radius 1 is 1.55 bits per heavy atom. The fraction of sp³-hybridized carbons (Fsp3) is 0.714. The molecule has 0 aliphatic carbocycles. The average molecular weight is 177 g/mol. The van der Waals surface area contributed by atoms with Gasteiger partial charge < -0.3 is 5.32 Å². The van der Waals surface area contributed by atoms with Gasteiger partial charge in [-0.3, -0.25) is 0 Å². The van der Waals surface area contributed by atoms with Crippen LogP contribution >= 0.6 is 0 Å². The molecule has 0 unspecified atom stereocenters. The molecule has 0 atom stereocenters. The van der Waals surface area contributed by atoms with Gasteiger partial charge in [0.15, 0.2) is 0 Å². The third kappa shape index (κ3) is 9.65. The van der Waals surface area contributed by atoms with Crippen LogP contribution < -0.4 is 5.32 Å². The molecule has 0 aliphatic heterocycles. The van der Waals surface area contributed by atoms with Crippen LogP contribution in [0.25, 0.3) is 0 Å². The van der Waals surface area contributed by atoms with E-state index in [1.165, 1.54) is 6.26 Å². The maximum absolute atomic E-state index is 10.6. The van der Waals surface area contributed by atoms with Gasteiger partial charge in [-0.15, -0.1) is 0 Å². The number of sulfone groups is 1. The Balaban J connectivity index is 3.37. The number of hydrogen-bond donors (Lipinski definition) is 1. The van der Waals surface area contributed by atoms with E-state index in [2.05, 4.69) is 11.9 Å². The Labute approximate surface area is 68.4 Å². The van der Waals surface area contributed by atoms with Crippen LogP contribution in [0.5, 0.6) is 0 Å². The van der Waals surface area contributed by atoms with Gasteiger partial charge in [0.1, 0.15) is 9.84 Å². The van der Waals surface area contributed by atoms with Crippen molar-refractivity contribution in [2.75, 3.05) is 25.1 Å². The second-order valence-corrected chi connectivity index (χ2v) is 5.02. The molecule has 0 spiro atoms. The van der Waals surface area contributed by atoms with Crippen LogP contribution in [0.3, 0.4) is 0 Å². The van der Waals surface area contributed by atoms with Crippen molar-refractivity contribution in [1.29, 1.82) is 0 Å². The Morgan fingerprint density at radius 2 is 2.09 bits per heavy atom. The highest BCUT2D eigenvalue weighted by molar-refractivity contribution is 7.90. The van der Waals surface area contributed by atoms with Crippen molar-refractivity contribution in [2.24, 2.45) is 0 Å². The van der Waals surface area contributed by atoms with Crippen LogP contribution in [-0.2, 0) is 9.84 Å². The molecular formula is C7H15NO2S. The van der Waals surface area contributed by atoms with Gasteiger partial charge in [-0.2, -0.15) is 0 Å². The highest BCUT2D eigenvalue weighted by atomic mass is 32.2. The minimum atomic E-state index is -2.81.